The van der Waals surface area contributed by atoms with Crippen molar-refractivity contribution in [3.05, 3.63) is 53.4 Å². The summed E-state index contributed by atoms with van der Waals surface area (Å²) in [6, 6.07) is 6.90. The fourth-order valence-electron chi connectivity index (χ4n) is 4.35. The molecule has 0 spiro atoms. The second-order valence-corrected chi connectivity index (χ2v) is 10.3. The number of hydrogen-bond donors (Lipinski definition) is 2. The lowest BCUT2D eigenvalue weighted by Gasteiger charge is -2.22. The normalized spacial score (nSPS) is 15.4. The minimum atomic E-state index is -0.672. The summed E-state index contributed by atoms with van der Waals surface area (Å²) in [5, 5.41) is 15.3. The van der Waals surface area contributed by atoms with Crippen LogP contribution in [0.25, 0.3) is 11.4 Å². The fraction of sp³-hybridized carbons (Fsp3) is 0.360. The van der Waals surface area contributed by atoms with Gasteiger partial charge in [-0.3, -0.25) is 9.78 Å². The van der Waals surface area contributed by atoms with Crippen molar-refractivity contribution in [1.82, 2.24) is 29.9 Å². The monoisotopic (exact) mass is 508 g/mol. The van der Waals surface area contributed by atoms with E-state index >= 15 is 8.78 Å². The number of rotatable bonds is 8. The highest BCUT2D eigenvalue weighted by Gasteiger charge is 2.34. The van der Waals surface area contributed by atoms with E-state index in [0.717, 1.165) is 42.6 Å². The zero-order valence-electron chi connectivity index (χ0n) is 20.2. The Hall–Kier alpha value is -3.47. The maximum atomic E-state index is 15.0. The largest absolute Gasteiger partial charge is 0.323 e. The predicted octanol–water partition coefficient (Wildman–Crippen LogP) is 6.10. The van der Waals surface area contributed by atoms with Crippen LogP contribution in [0.3, 0.4) is 0 Å². The standard InChI is InChI=1S/C25H26F2N8S/c1-13-10-20(32-31-13)28-24-21(14-4-5-14)22(19-8-9-35(33-19)15-6-7-15)29-25(30-24)34(2)23-17(26)11-16(36-3)12-18(23)27/h8-12,14-15H,4-7H2,1-3H3,(H2,28,29,30,31,32). The highest BCUT2D eigenvalue weighted by Crippen LogP contribution is 2.48. The lowest BCUT2D eigenvalue weighted by atomic mass is 10.1. The second-order valence-electron chi connectivity index (χ2n) is 9.38. The maximum absolute atomic E-state index is 15.0. The second kappa shape index (κ2) is 8.88. The minimum Gasteiger partial charge on any atom is -0.323 e. The summed E-state index contributed by atoms with van der Waals surface area (Å²) in [5.74, 6) is 0.279. The van der Waals surface area contributed by atoms with Crippen molar-refractivity contribution in [2.24, 2.45) is 0 Å². The molecule has 1 aromatic carbocycles. The lowest BCUT2D eigenvalue weighted by molar-refractivity contribution is 0.577. The number of hydrogen-bond acceptors (Lipinski definition) is 7. The molecular weight excluding hydrogens is 482 g/mol. The summed E-state index contributed by atoms with van der Waals surface area (Å²) in [7, 11) is 1.57. The molecule has 8 nitrogen and oxygen atoms in total. The summed E-state index contributed by atoms with van der Waals surface area (Å²) in [4.78, 5) is 11.5. The molecule has 186 valence electrons. The van der Waals surface area contributed by atoms with Crippen LogP contribution in [0, 0.1) is 18.6 Å². The molecule has 2 saturated carbocycles. The first-order valence-electron chi connectivity index (χ1n) is 11.9. The van der Waals surface area contributed by atoms with Crippen molar-refractivity contribution >= 4 is 35.0 Å². The van der Waals surface area contributed by atoms with Gasteiger partial charge in [0.1, 0.15) is 22.9 Å². The molecule has 3 aromatic heterocycles. The van der Waals surface area contributed by atoms with E-state index < -0.39 is 11.6 Å². The maximum Gasteiger partial charge on any atom is 0.232 e. The number of thioether (sulfide) groups is 1. The third-order valence-electron chi connectivity index (χ3n) is 6.51. The average molecular weight is 509 g/mol. The molecule has 2 N–H and O–H groups in total. The molecule has 2 aliphatic carbocycles. The van der Waals surface area contributed by atoms with Crippen LogP contribution < -0.4 is 10.2 Å². The fourth-order valence-corrected chi connectivity index (χ4v) is 4.79. The minimum absolute atomic E-state index is 0.167. The van der Waals surface area contributed by atoms with Crippen LogP contribution in [-0.2, 0) is 0 Å². The Labute approximate surface area is 211 Å². The van der Waals surface area contributed by atoms with Crippen molar-refractivity contribution in [3.63, 3.8) is 0 Å². The highest BCUT2D eigenvalue weighted by molar-refractivity contribution is 7.98. The van der Waals surface area contributed by atoms with Gasteiger partial charge in [0, 0.05) is 35.5 Å². The average Bonchev–Trinajstić information content (AvgIpc) is 3.79. The molecule has 0 atom stereocenters. The number of aromatic amines is 1. The van der Waals surface area contributed by atoms with E-state index in [4.69, 9.17) is 15.1 Å². The van der Waals surface area contributed by atoms with Gasteiger partial charge in [-0.15, -0.1) is 11.8 Å². The number of H-pyrrole nitrogens is 1. The van der Waals surface area contributed by atoms with Gasteiger partial charge in [0.25, 0.3) is 0 Å². The number of nitrogens with one attached hydrogen (secondary N) is 2. The van der Waals surface area contributed by atoms with Crippen LogP contribution in [0.1, 0.15) is 48.9 Å². The summed E-state index contributed by atoms with van der Waals surface area (Å²) < 4.78 is 32.0. The molecule has 0 aliphatic heterocycles. The number of aromatic nitrogens is 6. The van der Waals surface area contributed by atoms with E-state index in [0.29, 0.717) is 28.3 Å². The SMILES string of the molecule is CSc1cc(F)c(N(C)c2nc(Nc3cc(C)[nH]n3)c(C3CC3)c(-c3ccn(C4CC4)n3)n2)c(F)c1. The van der Waals surface area contributed by atoms with Gasteiger partial charge in [-0.25, -0.2) is 13.8 Å². The molecule has 36 heavy (non-hydrogen) atoms. The van der Waals surface area contributed by atoms with Crippen LogP contribution >= 0.6 is 11.8 Å². The Morgan fingerprint density at radius 3 is 2.47 bits per heavy atom. The Kier molecular flexibility index (Phi) is 5.66. The summed E-state index contributed by atoms with van der Waals surface area (Å²) >= 11 is 1.28. The van der Waals surface area contributed by atoms with Gasteiger partial charge >= 0.3 is 0 Å². The molecular formula is C25H26F2N8S. The molecule has 2 fully saturated rings. The molecule has 2 aliphatic rings. The van der Waals surface area contributed by atoms with E-state index in [9.17, 15) is 0 Å². The zero-order valence-corrected chi connectivity index (χ0v) is 21.0. The van der Waals surface area contributed by atoms with E-state index in [2.05, 4.69) is 15.5 Å². The smallest absolute Gasteiger partial charge is 0.232 e. The van der Waals surface area contributed by atoms with Crippen LogP contribution in [0.15, 0.2) is 35.4 Å². The molecule has 11 heteroatoms. The van der Waals surface area contributed by atoms with Gasteiger partial charge in [-0.05, 0) is 63.0 Å². The van der Waals surface area contributed by atoms with Crippen molar-refractivity contribution in [1.29, 1.82) is 0 Å². The van der Waals surface area contributed by atoms with Gasteiger partial charge in [-0.2, -0.15) is 15.2 Å². The van der Waals surface area contributed by atoms with E-state index in [1.165, 1.54) is 28.8 Å². The number of aryl methyl sites for hydroxylation is 1. The van der Waals surface area contributed by atoms with Crippen LogP contribution in [0.5, 0.6) is 0 Å². The topological polar surface area (TPSA) is 87.5 Å². The van der Waals surface area contributed by atoms with Crippen molar-refractivity contribution in [2.45, 2.75) is 49.5 Å². The van der Waals surface area contributed by atoms with Crippen molar-refractivity contribution < 1.29 is 8.78 Å². The van der Waals surface area contributed by atoms with Gasteiger partial charge in [0.2, 0.25) is 5.95 Å². The van der Waals surface area contributed by atoms with E-state index in [-0.39, 0.29) is 17.6 Å². The van der Waals surface area contributed by atoms with E-state index in [1.54, 1.807) is 13.3 Å². The predicted molar refractivity (Wildman–Crippen MR) is 136 cm³/mol. The first-order chi connectivity index (χ1) is 17.4. The van der Waals surface area contributed by atoms with Crippen LogP contribution in [-0.4, -0.2) is 43.2 Å². The summed E-state index contributed by atoms with van der Waals surface area (Å²) in [6.45, 7) is 1.92. The van der Waals surface area contributed by atoms with Gasteiger partial charge in [0.15, 0.2) is 17.5 Å². The molecule has 4 aromatic rings. The van der Waals surface area contributed by atoms with Gasteiger partial charge in [-0.1, -0.05) is 0 Å². The first-order valence-corrected chi connectivity index (χ1v) is 13.2. The Bertz CT molecular complexity index is 1420. The Morgan fingerprint density at radius 2 is 1.86 bits per heavy atom. The highest BCUT2D eigenvalue weighted by atomic mass is 32.2. The van der Waals surface area contributed by atoms with Crippen molar-refractivity contribution in [2.75, 3.05) is 23.5 Å². The molecule has 0 saturated heterocycles. The number of nitrogens with zero attached hydrogens (tertiary/aromatic N) is 6. The number of anilines is 4. The summed E-state index contributed by atoms with van der Waals surface area (Å²) in [5.41, 5.74) is 3.04. The molecule has 0 unspecified atom stereocenters. The van der Waals surface area contributed by atoms with Crippen LogP contribution in [0.2, 0.25) is 0 Å². The van der Waals surface area contributed by atoms with Gasteiger partial charge < -0.3 is 10.2 Å². The summed E-state index contributed by atoms with van der Waals surface area (Å²) in [6.07, 6.45) is 8.01. The quantitative estimate of drug-likeness (QED) is 0.278. The molecule has 3 heterocycles. The van der Waals surface area contributed by atoms with Gasteiger partial charge in [0.05, 0.1) is 6.04 Å². The van der Waals surface area contributed by atoms with E-state index in [1.807, 2.05) is 29.9 Å². The molecule has 0 bridgehead atoms. The third kappa shape index (κ3) is 4.32. The first kappa shape index (κ1) is 23.0. The van der Waals surface area contributed by atoms with Crippen LogP contribution in [0.4, 0.5) is 32.1 Å². The molecule has 6 rings (SSSR count). The third-order valence-corrected chi connectivity index (χ3v) is 7.21. The van der Waals surface area contributed by atoms with Crippen molar-refractivity contribution in [3.8, 4) is 11.4 Å². The lowest BCUT2D eigenvalue weighted by Crippen LogP contribution is -2.18. The molecule has 0 radical (unpaired) electrons. The Balaban J connectivity index is 1.50. The molecule has 0 amide bonds. The number of halogens is 2. The zero-order chi connectivity index (χ0) is 25.0. The Morgan fingerprint density at radius 1 is 1.11 bits per heavy atom. The number of benzene rings is 1.